The predicted octanol–water partition coefficient (Wildman–Crippen LogP) is 0.203. The van der Waals surface area contributed by atoms with Crippen LogP contribution in [-0.2, 0) is 16.0 Å². The van der Waals surface area contributed by atoms with Crippen molar-refractivity contribution in [2.24, 2.45) is 0 Å². The van der Waals surface area contributed by atoms with Gasteiger partial charge in [0.25, 0.3) is 0 Å². The molecule has 102 valence electrons. The van der Waals surface area contributed by atoms with E-state index in [1.807, 2.05) is 7.05 Å². The zero-order valence-electron chi connectivity index (χ0n) is 10.7. The van der Waals surface area contributed by atoms with Crippen LogP contribution in [0.2, 0.25) is 0 Å². The number of carbonyl (C=O) groups excluding carboxylic acids is 2. The number of carbonyl (C=O) groups is 2. The standard InChI is InChI=1S/C12H16N4O2S/c1-13-7-3-2-4-8-11(7)19-12(14-8)16-5-9(17)15-10(18)6-16/h7,13H,2-6H2,1H3,(H,15,17,18). The summed E-state index contributed by atoms with van der Waals surface area (Å²) < 4.78 is 0. The molecule has 19 heavy (non-hydrogen) atoms. The van der Waals surface area contributed by atoms with Crippen molar-refractivity contribution >= 4 is 28.3 Å². The van der Waals surface area contributed by atoms with Gasteiger partial charge in [-0.05, 0) is 26.3 Å². The van der Waals surface area contributed by atoms with Gasteiger partial charge in [0.05, 0.1) is 5.69 Å². The molecule has 2 amide bonds. The summed E-state index contributed by atoms with van der Waals surface area (Å²) in [7, 11) is 1.96. The molecule has 0 bridgehead atoms. The first kappa shape index (κ1) is 12.6. The van der Waals surface area contributed by atoms with Crippen LogP contribution in [0.15, 0.2) is 0 Å². The monoisotopic (exact) mass is 280 g/mol. The minimum atomic E-state index is -0.255. The van der Waals surface area contributed by atoms with Crippen molar-refractivity contribution in [1.82, 2.24) is 15.6 Å². The molecule has 2 N–H and O–H groups in total. The highest BCUT2D eigenvalue weighted by Gasteiger charge is 2.29. The minimum Gasteiger partial charge on any atom is -0.329 e. The van der Waals surface area contributed by atoms with Gasteiger partial charge in [-0.1, -0.05) is 11.3 Å². The van der Waals surface area contributed by atoms with Gasteiger partial charge in [-0.15, -0.1) is 0 Å². The van der Waals surface area contributed by atoms with Gasteiger partial charge >= 0.3 is 0 Å². The molecule has 1 aliphatic heterocycles. The topological polar surface area (TPSA) is 74.3 Å². The van der Waals surface area contributed by atoms with Gasteiger partial charge in [-0.3, -0.25) is 14.9 Å². The SMILES string of the molecule is CNC1CCCc2nc(N3CC(=O)NC(=O)C3)sc21. The minimum absolute atomic E-state index is 0.211. The van der Waals surface area contributed by atoms with Crippen molar-refractivity contribution in [3.63, 3.8) is 0 Å². The van der Waals surface area contributed by atoms with E-state index in [1.54, 1.807) is 16.2 Å². The molecule has 7 heteroatoms. The molecule has 1 saturated heterocycles. The number of anilines is 1. The number of nitrogens with one attached hydrogen (secondary N) is 2. The molecule has 1 aromatic rings. The lowest BCUT2D eigenvalue weighted by Crippen LogP contribution is -2.51. The van der Waals surface area contributed by atoms with E-state index in [9.17, 15) is 9.59 Å². The lowest BCUT2D eigenvalue weighted by molar-refractivity contribution is -0.130. The number of rotatable bonds is 2. The van der Waals surface area contributed by atoms with Gasteiger partial charge in [0.2, 0.25) is 11.8 Å². The van der Waals surface area contributed by atoms with Crippen LogP contribution >= 0.6 is 11.3 Å². The number of aryl methyl sites for hydroxylation is 1. The van der Waals surface area contributed by atoms with Crippen LogP contribution in [0.25, 0.3) is 0 Å². The van der Waals surface area contributed by atoms with Gasteiger partial charge in [-0.2, -0.15) is 0 Å². The highest BCUT2D eigenvalue weighted by molar-refractivity contribution is 7.15. The molecule has 1 fully saturated rings. The number of aromatic nitrogens is 1. The number of piperazine rings is 1. The molecule has 3 rings (SSSR count). The predicted molar refractivity (Wildman–Crippen MR) is 72.2 cm³/mol. The van der Waals surface area contributed by atoms with Crippen molar-refractivity contribution in [1.29, 1.82) is 0 Å². The fourth-order valence-corrected chi connectivity index (χ4v) is 3.84. The second-order valence-electron chi connectivity index (χ2n) is 4.87. The molecular weight excluding hydrogens is 264 g/mol. The first-order chi connectivity index (χ1) is 9.17. The Balaban J connectivity index is 1.88. The Hall–Kier alpha value is -1.47. The van der Waals surface area contributed by atoms with E-state index in [-0.39, 0.29) is 24.9 Å². The summed E-state index contributed by atoms with van der Waals surface area (Å²) in [6, 6.07) is 0.351. The van der Waals surface area contributed by atoms with E-state index in [4.69, 9.17) is 0 Å². The third-order valence-electron chi connectivity index (χ3n) is 3.51. The lowest BCUT2D eigenvalue weighted by Gasteiger charge is -2.24. The zero-order chi connectivity index (χ0) is 13.4. The normalized spacial score (nSPS) is 23.2. The summed E-state index contributed by atoms with van der Waals surface area (Å²) in [5.74, 6) is -0.510. The third-order valence-corrected chi connectivity index (χ3v) is 4.78. The fourth-order valence-electron chi connectivity index (χ4n) is 2.59. The van der Waals surface area contributed by atoms with Crippen LogP contribution in [0, 0.1) is 0 Å². The van der Waals surface area contributed by atoms with E-state index in [2.05, 4.69) is 15.6 Å². The first-order valence-electron chi connectivity index (χ1n) is 6.42. The van der Waals surface area contributed by atoms with Crippen LogP contribution in [0.1, 0.15) is 29.5 Å². The molecule has 2 aliphatic rings. The van der Waals surface area contributed by atoms with E-state index < -0.39 is 0 Å². The molecule has 1 aromatic heterocycles. The Bertz CT molecular complexity index is 512. The fraction of sp³-hybridized carbons (Fsp3) is 0.583. The Labute approximate surface area is 115 Å². The van der Waals surface area contributed by atoms with E-state index in [1.165, 1.54) is 4.88 Å². The summed E-state index contributed by atoms with van der Waals surface area (Å²) in [6.45, 7) is 0.421. The molecule has 1 atom stereocenters. The van der Waals surface area contributed by atoms with E-state index in [0.717, 1.165) is 30.1 Å². The number of nitrogens with zero attached hydrogens (tertiary/aromatic N) is 2. The van der Waals surface area contributed by atoms with E-state index >= 15 is 0 Å². The zero-order valence-corrected chi connectivity index (χ0v) is 11.5. The van der Waals surface area contributed by atoms with Crippen molar-refractivity contribution in [3.8, 4) is 0 Å². The van der Waals surface area contributed by atoms with Crippen LogP contribution in [0.4, 0.5) is 5.13 Å². The van der Waals surface area contributed by atoms with Gasteiger partial charge < -0.3 is 10.2 Å². The number of imide groups is 1. The first-order valence-corrected chi connectivity index (χ1v) is 7.23. The summed E-state index contributed by atoms with van der Waals surface area (Å²) in [5.41, 5.74) is 1.11. The second kappa shape index (κ2) is 4.90. The smallest absolute Gasteiger partial charge is 0.246 e. The molecule has 1 unspecified atom stereocenters. The van der Waals surface area contributed by atoms with Crippen LogP contribution in [0.3, 0.4) is 0 Å². The van der Waals surface area contributed by atoms with Gasteiger partial charge in [0, 0.05) is 10.9 Å². The molecule has 0 saturated carbocycles. The van der Waals surface area contributed by atoms with E-state index in [0.29, 0.717) is 6.04 Å². The lowest BCUT2D eigenvalue weighted by atomic mass is 9.98. The molecule has 6 nitrogen and oxygen atoms in total. The molecule has 2 heterocycles. The number of hydrogen-bond donors (Lipinski definition) is 2. The third kappa shape index (κ3) is 2.35. The molecule has 1 aliphatic carbocycles. The summed E-state index contributed by atoms with van der Waals surface area (Å²) in [5, 5.41) is 6.39. The van der Waals surface area contributed by atoms with Gasteiger partial charge in [0.15, 0.2) is 5.13 Å². The van der Waals surface area contributed by atoms with Gasteiger partial charge in [0.1, 0.15) is 13.1 Å². The Morgan fingerprint density at radius 2 is 2.11 bits per heavy atom. The number of hydrogen-bond acceptors (Lipinski definition) is 6. The summed E-state index contributed by atoms with van der Waals surface area (Å²) >= 11 is 1.60. The van der Waals surface area contributed by atoms with Crippen LogP contribution in [-0.4, -0.2) is 36.9 Å². The number of thiazole rings is 1. The second-order valence-corrected chi connectivity index (χ2v) is 5.88. The largest absolute Gasteiger partial charge is 0.329 e. The molecular formula is C12H16N4O2S. The van der Waals surface area contributed by atoms with Crippen molar-refractivity contribution < 1.29 is 9.59 Å². The molecule has 0 aromatic carbocycles. The highest BCUT2D eigenvalue weighted by atomic mass is 32.1. The van der Waals surface area contributed by atoms with Crippen molar-refractivity contribution in [2.45, 2.75) is 25.3 Å². The summed E-state index contributed by atoms with van der Waals surface area (Å²) in [6.07, 6.45) is 3.23. The maximum Gasteiger partial charge on any atom is 0.246 e. The van der Waals surface area contributed by atoms with Crippen LogP contribution < -0.4 is 15.5 Å². The van der Waals surface area contributed by atoms with Gasteiger partial charge in [-0.25, -0.2) is 4.98 Å². The highest BCUT2D eigenvalue weighted by Crippen LogP contribution is 2.37. The maximum atomic E-state index is 11.4. The maximum absolute atomic E-state index is 11.4. The quantitative estimate of drug-likeness (QED) is 0.757. The van der Waals surface area contributed by atoms with Crippen molar-refractivity contribution in [2.75, 3.05) is 25.0 Å². The summed E-state index contributed by atoms with van der Waals surface area (Å²) in [4.78, 5) is 30.5. The average molecular weight is 280 g/mol. The molecule has 0 spiro atoms. The Kier molecular flexibility index (Phi) is 3.24. The number of fused-ring (bicyclic) bond motifs is 1. The number of amides is 2. The Morgan fingerprint density at radius 3 is 2.79 bits per heavy atom. The molecule has 0 radical (unpaired) electrons. The Morgan fingerprint density at radius 1 is 1.37 bits per heavy atom. The average Bonchev–Trinajstić information content (AvgIpc) is 2.81. The van der Waals surface area contributed by atoms with Crippen LogP contribution in [0.5, 0.6) is 0 Å². The van der Waals surface area contributed by atoms with Crippen molar-refractivity contribution in [3.05, 3.63) is 10.6 Å².